The van der Waals surface area contributed by atoms with Crippen molar-refractivity contribution in [2.24, 2.45) is 0 Å². The minimum absolute atomic E-state index is 0.214. The highest BCUT2D eigenvalue weighted by molar-refractivity contribution is 5.96. The molecule has 106 valence electrons. The Hall–Kier alpha value is -1.35. The van der Waals surface area contributed by atoms with E-state index in [1.807, 2.05) is 24.3 Å². The molecule has 1 aromatic rings. The summed E-state index contributed by atoms with van der Waals surface area (Å²) in [7, 11) is 5.80. The summed E-state index contributed by atoms with van der Waals surface area (Å²) in [6.07, 6.45) is 5.14. The second kappa shape index (κ2) is 8.70. The quantitative estimate of drug-likeness (QED) is 0.505. The van der Waals surface area contributed by atoms with Crippen molar-refractivity contribution in [3.63, 3.8) is 0 Å². The van der Waals surface area contributed by atoms with Crippen molar-refractivity contribution in [3.8, 4) is 5.75 Å². The molecule has 0 spiro atoms. The van der Waals surface area contributed by atoms with Gasteiger partial charge in [-0.1, -0.05) is 25.0 Å². The molecule has 0 aliphatic heterocycles. The number of Topliss-reactive ketones (excluding diaryl/α,β-unsaturated/α-hetero) is 1. The average molecular weight is 263 g/mol. The molecule has 0 aliphatic carbocycles. The number of rotatable bonds is 9. The summed E-state index contributed by atoms with van der Waals surface area (Å²) >= 11 is 0. The van der Waals surface area contributed by atoms with E-state index >= 15 is 0 Å². The molecular weight excluding hydrogens is 238 g/mol. The van der Waals surface area contributed by atoms with Gasteiger partial charge in [0.25, 0.3) is 0 Å². The number of hydrogen-bond donors (Lipinski definition) is 0. The molecule has 1 rings (SSSR count). The lowest BCUT2D eigenvalue weighted by Crippen LogP contribution is -2.12. The van der Waals surface area contributed by atoms with E-state index in [2.05, 4.69) is 19.0 Å². The fraction of sp³-hybridized carbons (Fsp3) is 0.562. The Morgan fingerprint density at radius 3 is 2.58 bits per heavy atom. The fourth-order valence-corrected chi connectivity index (χ4v) is 2.01. The first-order valence-electron chi connectivity index (χ1n) is 6.95. The van der Waals surface area contributed by atoms with Crippen LogP contribution >= 0.6 is 0 Å². The number of methoxy groups -OCH3 is 1. The molecule has 1 aromatic carbocycles. The van der Waals surface area contributed by atoms with Gasteiger partial charge < -0.3 is 9.64 Å². The van der Waals surface area contributed by atoms with Gasteiger partial charge in [-0.15, -0.1) is 0 Å². The summed E-state index contributed by atoms with van der Waals surface area (Å²) in [4.78, 5) is 14.2. The molecule has 0 aromatic heterocycles. The van der Waals surface area contributed by atoms with Gasteiger partial charge in [0, 0.05) is 12.0 Å². The first-order valence-corrected chi connectivity index (χ1v) is 6.95. The lowest BCUT2D eigenvalue weighted by Gasteiger charge is -2.08. The van der Waals surface area contributed by atoms with E-state index in [-0.39, 0.29) is 5.78 Å². The van der Waals surface area contributed by atoms with Crippen LogP contribution in [0.3, 0.4) is 0 Å². The number of carbonyl (C=O) groups is 1. The highest BCUT2D eigenvalue weighted by Crippen LogP contribution is 2.15. The second-order valence-corrected chi connectivity index (χ2v) is 5.12. The predicted octanol–water partition coefficient (Wildman–Crippen LogP) is 3.39. The molecule has 0 atom stereocenters. The standard InChI is InChI=1S/C16H25NO2/c1-17(2)12-7-5-4-6-11-16(18)14-9-8-10-15(13-14)19-3/h8-10,13H,4-7,11-12H2,1-3H3. The van der Waals surface area contributed by atoms with Crippen LogP contribution in [0.15, 0.2) is 24.3 Å². The SMILES string of the molecule is COc1cccc(C(=O)CCCCCCN(C)C)c1. The Morgan fingerprint density at radius 1 is 1.16 bits per heavy atom. The van der Waals surface area contributed by atoms with E-state index in [1.54, 1.807) is 7.11 Å². The first-order chi connectivity index (χ1) is 9.13. The third kappa shape index (κ3) is 6.39. The van der Waals surface area contributed by atoms with Crippen LogP contribution in [0.25, 0.3) is 0 Å². The number of nitrogens with zero attached hydrogens (tertiary/aromatic N) is 1. The van der Waals surface area contributed by atoms with Crippen LogP contribution in [0.2, 0.25) is 0 Å². The summed E-state index contributed by atoms with van der Waals surface area (Å²) in [5.41, 5.74) is 0.757. The normalized spacial score (nSPS) is 10.7. The van der Waals surface area contributed by atoms with Crippen LogP contribution in [0.5, 0.6) is 5.75 Å². The largest absolute Gasteiger partial charge is 0.497 e. The molecule has 3 heteroatoms. The van der Waals surface area contributed by atoms with Crippen molar-refractivity contribution in [2.75, 3.05) is 27.7 Å². The van der Waals surface area contributed by atoms with E-state index in [0.717, 1.165) is 30.7 Å². The van der Waals surface area contributed by atoms with Crippen molar-refractivity contribution in [1.29, 1.82) is 0 Å². The number of unbranched alkanes of at least 4 members (excludes halogenated alkanes) is 3. The third-order valence-electron chi connectivity index (χ3n) is 3.15. The fourth-order valence-electron chi connectivity index (χ4n) is 2.01. The van der Waals surface area contributed by atoms with Gasteiger partial charge in [-0.05, 0) is 45.6 Å². The highest BCUT2D eigenvalue weighted by Gasteiger charge is 2.06. The molecule has 0 saturated carbocycles. The van der Waals surface area contributed by atoms with Crippen molar-refractivity contribution < 1.29 is 9.53 Å². The van der Waals surface area contributed by atoms with Crippen LogP contribution in [0.4, 0.5) is 0 Å². The topological polar surface area (TPSA) is 29.5 Å². The Labute approximate surface area is 116 Å². The Kier molecular flexibility index (Phi) is 7.19. The highest BCUT2D eigenvalue weighted by atomic mass is 16.5. The number of ether oxygens (including phenoxy) is 1. The van der Waals surface area contributed by atoms with Crippen LogP contribution in [-0.2, 0) is 0 Å². The van der Waals surface area contributed by atoms with E-state index in [4.69, 9.17) is 4.74 Å². The monoisotopic (exact) mass is 263 g/mol. The summed E-state index contributed by atoms with van der Waals surface area (Å²) < 4.78 is 5.13. The van der Waals surface area contributed by atoms with Gasteiger partial charge >= 0.3 is 0 Å². The van der Waals surface area contributed by atoms with Gasteiger partial charge in [-0.3, -0.25) is 4.79 Å². The summed E-state index contributed by atoms with van der Waals surface area (Å²) in [6, 6.07) is 7.40. The third-order valence-corrected chi connectivity index (χ3v) is 3.15. The van der Waals surface area contributed by atoms with Gasteiger partial charge in [-0.25, -0.2) is 0 Å². The van der Waals surface area contributed by atoms with Crippen LogP contribution in [0.1, 0.15) is 42.5 Å². The number of benzene rings is 1. The Balaban J connectivity index is 2.23. The van der Waals surface area contributed by atoms with Gasteiger partial charge in [0.15, 0.2) is 5.78 Å². The maximum absolute atomic E-state index is 12.0. The van der Waals surface area contributed by atoms with Crippen molar-refractivity contribution in [3.05, 3.63) is 29.8 Å². The van der Waals surface area contributed by atoms with Gasteiger partial charge in [0.1, 0.15) is 5.75 Å². The maximum atomic E-state index is 12.0. The lowest BCUT2D eigenvalue weighted by atomic mass is 10.0. The molecule has 0 fully saturated rings. The molecule has 0 amide bonds. The molecule has 0 bridgehead atoms. The number of carbonyl (C=O) groups excluding carboxylic acids is 1. The second-order valence-electron chi connectivity index (χ2n) is 5.12. The zero-order chi connectivity index (χ0) is 14.1. The molecular formula is C16H25NO2. The molecule has 0 unspecified atom stereocenters. The van der Waals surface area contributed by atoms with E-state index in [1.165, 1.54) is 12.8 Å². The van der Waals surface area contributed by atoms with Crippen molar-refractivity contribution in [2.45, 2.75) is 32.1 Å². The van der Waals surface area contributed by atoms with Crippen molar-refractivity contribution >= 4 is 5.78 Å². The molecule has 0 heterocycles. The molecule has 3 nitrogen and oxygen atoms in total. The zero-order valence-electron chi connectivity index (χ0n) is 12.3. The molecule has 0 aliphatic rings. The average Bonchev–Trinajstić information content (AvgIpc) is 2.42. The summed E-state index contributed by atoms with van der Waals surface area (Å²) in [6.45, 7) is 1.13. The molecule has 19 heavy (non-hydrogen) atoms. The lowest BCUT2D eigenvalue weighted by molar-refractivity contribution is 0.0978. The molecule has 0 N–H and O–H groups in total. The van der Waals surface area contributed by atoms with E-state index in [0.29, 0.717) is 6.42 Å². The number of ketones is 1. The van der Waals surface area contributed by atoms with Gasteiger partial charge in [0.05, 0.1) is 7.11 Å². The predicted molar refractivity (Wildman–Crippen MR) is 79.0 cm³/mol. The Bertz CT molecular complexity index is 388. The zero-order valence-corrected chi connectivity index (χ0v) is 12.3. The summed E-state index contributed by atoms with van der Waals surface area (Å²) in [5, 5.41) is 0. The van der Waals surface area contributed by atoms with Crippen LogP contribution in [-0.4, -0.2) is 38.4 Å². The van der Waals surface area contributed by atoms with Crippen molar-refractivity contribution in [1.82, 2.24) is 4.90 Å². The van der Waals surface area contributed by atoms with Crippen LogP contribution < -0.4 is 4.74 Å². The minimum atomic E-state index is 0.214. The van der Waals surface area contributed by atoms with Gasteiger partial charge in [0.2, 0.25) is 0 Å². The van der Waals surface area contributed by atoms with E-state index in [9.17, 15) is 4.79 Å². The molecule has 0 radical (unpaired) electrons. The smallest absolute Gasteiger partial charge is 0.163 e. The maximum Gasteiger partial charge on any atom is 0.163 e. The number of hydrogen-bond acceptors (Lipinski definition) is 3. The first kappa shape index (κ1) is 15.7. The van der Waals surface area contributed by atoms with E-state index < -0.39 is 0 Å². The van der Waals surface area contributed by atoms with Crippen LogP contribution in [0, 0.1) is 0 Å². The van der Waals surface area contributed by atoms with Gasteiger partial charge in [-0.2, -0.15) is 0 Å². The minimum Gasteiger partial charge on any atom is -0.497 e. The Morgan fingerprint density at radius 2 is 1.89 bits per heavy atom. The summed E-state index contributed by atoms with van der Waals surface area (Å²) in [5.74, 6) is 0.961. The molecule has 0 saturated heterocycles.